The van der Waals surface area contributed by atoms with E-state index in [0.29, 0.717) is 63.1 Å². The second-order valence-electron chi connectivity index (χ2n) is 12.0. The Morgan fingerprint density at radius 1 is 0.830 bits per heavy atom. The van der Waals surface area contributed by atoms with Gasteiger partial charge in [0.2, 0.25) is 0 Å². The quantitative estimate of drug-likeness (QED) is 0.132. The summed E-state index contributed by atoms with van der Waals surface area (Å²) in [7, 11) is 0. The first-order valence-corrected chi connectivity index (χ1v) is 17.6. The fraction of sp³-hybridized carbons (Fsp3) is 0.405. The summed E-state index contributed by atoms with van der Waals surface area (Å²) < 4.78 is 26.9. The number of para-hydroxylation sites is 1. The summed E-state index contributed by atoms with van der Waals surface area (Å²) in [5, 5.41) is 4.58. The maximum absolute atomic E-state index is 13.9. The third kappa shape index (κ3) is 9.50. The Morgan fingerprint density at radius 2 is 1.51 bits per heavy atom. The van der Waals surface area contributed by atoms with E-state index < -0.39 is 5.82 Å². The standard InChI is InChI=1S/C31H28Cl3FN2O4.C6H12/c32-25-7-3-8-26(33)31(25)37-28-17-21(40-14-4-13-36-18-30(39)41-20-5-1-2-6-20)16-24(23(28)11-12-29(37)38)22-10-9-19(35)15-27(22)34;1-2-4-6-5-3-1/h3,7-12,15-17,20,36H,1-2,4-6,13-14,18H2;1-6H2. The number of rotatable bonds is 10. The van der Waals surface area contributed by atoms with Crippen molar-refractivity contribution in [3.63, 3.8) is 0 Å². The van der Waals surface area contributed by atoms with Crippen LogP contribution in [0.15, 0.2) is 65.5 Å². The summed E-state index contributed by atoms with van der Waals surface area (Å²) in [6.07, 6.45) is 13.7. The highest BCUT2D eigenvalue weighted by Crippen LogP contribution is 2.38. The Hall–Kier alpha value is -3.10. The zero-order valence-electron chi connectivity index (χ0n) is 26.3. The van der Waals surface area contributed by atoms with Crippen molar-refractivity contribution in [2.75, 3.05) is 19.7 Å². The van der Waals surface area contributed by atoms with Gasteiger partial charge in [0.1, 0.15) is 17.7 Å². The average Bonchev–Trinajstić information content (AvgIpc) is 3.57. The summed E-state index contributed by atoms with van der Waals surface area (Å²) in [5.41, 5.74) is 1.71. The highest BCUT2D eigenvalue weighted by atomic mass is 35.5. The van der Waals surface area contributed by atoms with Gasteiger partial charge in [-0.1, -0.05) is 79.4 Å². The van der Waals surface area contributed by atoms with Gasteiger partial charge in [0, 0.05) is 23.1 Å². The van der Waals surface area contributed by atoms with E-state index in [0.717, 1.165) is 25.7 Å². The first kappa shape index (κ1) is 35.2. The third-order valence-electron chi connectivity index (χ3n) is 8.50. The number of nitrogens with zero attached hydrogens (tertiary/aromatic N) is 1. The van der Waals surface area contributed by atoms with Gasteiger partial charge in [-0.3, -0.25) is 14.2 Å². The monoisotopic (exact) mass is 700 g/mol. The maximum atomic E-state index is 13.9. The van der Waals surface area contributed by atoms with E-state index in [9.17, 15) is 14.0 Å². The van der Waals surface area contributed by atoms with Crippen molar-refractivity contribution in [3.8, 4) is 22.6 Å². The molecule has 0 unspecified atom stereocenters. The molecule has 2 saturated carbocycles. The zero-order valence-corrected chi connectivity index (χ0v) is 28.6. The number of hydrogen-bond acceptors (Lipinski definition) is 5. The molecule has 4 aromatic rings. The molecule has 0 spiro atoms. The lowest BCUT2D eigenvalue weighted by atomic mass is 9.99. The van der Waals surface area contributed by atoms with E-state index in [2.05, 4.69) is 5.32 Å². The number of nitrogens with one attached hydrogen (secondary N) is 1. The molecule has 250 valence electrons. The van der Waals surface area contributed by atoms with Gasteiger partial charge < -0.3 is 14.8 Å². The molecule has 1 heterocycles. The first-order valence-electron chi connectivity index (χ1n) is 16.4. The highest BCUT2D eigenvalue weighted by Gasteiger charge is 2.20. The molecule has 0 bridgehead atoms. The number of pyridine rings is 1. The molecule has 3 aromatic carbocycles. The van der Waals surface area contributed by atoms with E-state index in [1.54, 1.807) is 42.5 Å². The van der Waals surface area contributed by atoms with Crippen LogP contribution in [0.1, 0.15) is 70.6 Å². The third-order valence-corrected chi connectivity index (χ3v) is 9.43. The van der Waals surface area contributed by atoms with Crippen molar-refractivity contribution in [1.82, 2.24) is 9.88 Å². The Balaban J connectivity index is 0.000000650. The molecule has 2 aliphatic rings. The summed E-state index contributed by atoms with van der Waals surface area (Å²) in [5.74, 6) is -0.240. The van der Waals surface area contributed by atoms with Crippen LogP contribution >= 0.6 is 34.8 Å². The van der Waals surface area contributed by atoms with Gasteiger partial charge in [-0.2, -0.15) is 0 Å². The fourth-order valence-electron chi connectivity index (χ4n) is 6.14. The van der Waals surface area contributed by atoms with Gasteiger partial charge >= 0.3 is 5.97 Å². The molecular weight excluding hydrogens is 662 g/mol. The van der Waals surface area contributed by atoms with Gasteiger partial charge in [0.25, 0.3) is 5.56 Å². The second-order valence-corrected chi connectivity index (χ2v) is 13.2. The van der Waals surface area contributed by atoms with E-state index in [-0.39, 0.29) is 29.2 Å². The van der Waals surface area contributed by atoms with Crippen LogP contribution in [0, 0.1) is 5.82 Å². The Kier molecular flexibility index (Phi) is 13.0. The van der Waals surface area contributed by atoms with Crippen LogP contribution < -0.4 is 15.6 Å². The van der Waals surface area contributed by atoms with Crippen LogP contribution in [0.25, 0.3) is 27.7 Å². The number of aromatic nitrogens is 1. The average molecular weight is 702 g/mol. The van der Waals surface area contributed by atoms with Crippen molar-refractivity contribution >= 4 is 51.7 Å². The van der Waals surface area contributed by atoms with E-state index in [4.69, 9.17) is 44.3 Å². The van der Waals surface area contributed by atoms with Crippen LogP contribution in [0.4, 0.5) is 4.39 Å². The fourth-order valence-corrected chi connectivity index (χ4v) is 6.98. The number of carbonyl (C=O) groups excluding carboxylic acids is 1. The van der Waals surface area contributed by atoms with Crippen LogP contribution in [0.2, 0.25) is 15.1 Å². The molecule has 6 rings (SSSR count). The number of fused-ring (bicyclic) bond motifs is 1. The van der Waals surface area contributed by atoms with E-state index >= 15 is 0 Å². The Labute approximate surface area is 290 Å². The van der Waals surface area contributed by atoms with E-state index in [1.807, 2.05) is 0 Å². The summed E-state index contributed by atoms with van der Waals surface area (Å²) in [4.78, 5) is 25.2. The SMILES string of the molecule is C1CCCCC1.O=C(CNCCCOc1cc(-c2ccc(F)cc2Cl)c2ccc(=O)n(-c3c(Cl)cccc3Cl)c2c1)OC1CCCC1. The van der Waals surface area contributed by atoms with E-state index in [1.165, 1.54) is 61.3 Å². The van der Waals surface area contributed by atoms with Gasteiger partial charge in [-0.25, -0.2) is 4.39 Å². The van der Waals surface area contributed by atoms with Crippen molar-refractivity contribution in [2.45, 2.75) is 76.7 Å². The van der Waals surface area contributed by atoms with Crippen molar-refractivity contribution < 1.29 is 18.7 Å². The molecule has 2 fully saturated rings. The summed E-state index contributed by atoms with van der Waals surface area (Å²) >= 11 is 19.5. The largest absolute Gasteiger partial charge is 0.493 e. The molecule has 0 radical (unpaired) electrons. The highest BCUT2D eigenvalue weighted by molar-refractivity contribution is 6.38. The lowest BCUT2D eigenvalue weighted by molar-refractivity contribution is -0.147. The first-order chi connectivity index (χ1) is 22.8. The summed E-state index contributed by atoms with van der Waals surface area (Å²) in [6.45, 7) is 1.02. The van der Waals surface area contributed by atoms with Crippen molar-refractivity contribution in [1.29, 1.82) is 0 Å². The zero-order chi connectivity index (χ0) is 33.2. The van der Waals surface area contributed by atoms with Crippen LogP contribution in [0.3, 0.4) is 0 Å². The van der Waals surface area contributed by atoms with Gasteiger partial charge in [-0.05, 0) is 86.7 Å². The number of esters is 1. The minimum atomic E-state index is -0.463. The molecule has 0 amide bonds. The number of ether oxygens (including phenoxy) is 2. The molecule has 47 heavy (non-hydrogen) atoms. The second kappa shape index (κ2) is 17.3. The molecule has 10 heteroatoms. The van der Waals surface area contributed by atoms with Crippen LogP contribution in [0.5, 0.6) is 5.75 Å². The molecule has 1 N–H and O–H groups in total. The lowest BCUT2D eigenvalue weighted by Gasteiger charge is -2.18. The lowest BCUT2D eigenvalue weighted by Crippen LogP contribution is -2.28. The van der Waals surface area contributed by atoms with Gasteiger partial charge in [-0.15, -0.1) is 0 Å². The Bertz CT molecular complexity index is 1700. The maximum Gasteiger partial charge on any atom is 0.320 e. The Morgan fingerprint density at radius 3 is 2.17 bits per heavy atom. The number of benzene rings is 3. The minimum absolute atomic E-state index is 0.0439. The molecular formula is C37H40Cl3FN2O4. The van der Waals surface area contributed by atoms with Crippen molar-refractivity contribution in [3.05, 3.63) is 91.9 Å². The smallest absolute Gasteiger partial charge is 0.320 e. The predicted octanol–water partition coefficient (Wildman–Crippen LogP) is 9.94. The molecule has 0 atom stereocenters. The number of hydrogen-bond donors (Lipinski definition) is 1. The molecule has 2 aliphatic carbocycles. The molecule has 1 aromatic heterocycles. The minimum Gasteiger partial charge on any atom is -0.493 e. The van der Waals surface area contributed by atoms with Gasteiger partial charge in [0.05, 0.1) is 39.4 Å². The molecule has 0 saturated heterocycles. The molecule has 0 aliphatic heterocycles. The number of carbonyl (C=O) groups is 1. The van der Waals surface area contributed by atoms with Crippen molar-refractivity contribution in [2.24, 2.45) is 0 Å². The normalized spacial score (nSPS) is 14.9. The van der Waals surface area contributed by atoms with Gasteiger partial charge in [0.15, 0.2) is 0 Å². The summed E-state index contributed by atoms with van der Waals surface area (Å²) in [6, 6.07) is 15.8. The number of halogens is 4. The topological polar surface area (TPSA) is 69.6 Å². The predicted molar refractivity (Wildman–Crippen MR) is 189 cm³/mol. The van der Waals surface area contributed by atoms with Crippen LogP contribution in [-0.2, 0) is 9.53 Å². The molecule has 6 nitrogen and oxygen atoms in total. The van der Waals surface area contributed by atoms with Crippen LogP contribution in [-0.4, -0.2) is 36.3 Å².